The van der Waals surface area contributed by atoms with Crippen molar-refractivity contribution in [2.75, 3.05) is 0 Å². The molecule has 0 fully saturated rings. The lowest BCUT2D eigenvalue weighted by Crippen LogP contribution is -2.41. The first-order valence-electron chi connectivity index (χ1n) is 5.22. The van der Waals surface area contributed by atoms with Crippen LogP contribution in [-0.4, -0.2) is 16.9 Å². The van der Waals surface area contributed by atoms with Gasteiger partial charge in [0.2, 0.25) is 5.91 Å². The fourth-order valence-electron chi connectivity index (χ4n) is 1.34. The van der Waals surface area contributed by atoms with E-state index < -0.39 is 6.04 Å². The maximum Gasteiger partial charge on any atom is 0.237 e. The Morgan fingerprint density at radius 1 is 1.62 bits per heavy atom. The Hall–Kier alpha value is -1.68. The van der Waals surface area contributed by atoms with Crippen LogP contribution in [0, 0.1) is 0 Å². The van der Waals surface area contributed by atoms with Crippen LogP contribution in [0.1, 0.15) is 24.9 Å². The van der Waals surface area contributed by atoms with E-state index in [1.165, 1.54) is 0 Å². The number of pyridine rings is 1. The van der Waals surface area contributed by atoms with Gasteiger partial charge in [0.25, 0.3) is 0 Å². The summed E-state index contributed by atoms with van der Waals surface area (Å²) >= 11 is 0. The third-order valence-electron chi connectivity index (χ3n) is 2.32. The van der Waals surface area contributed by atoms with Gasteiger partial charge in [0.15, 0.2) is 0 Å². The Morgan fingerprint density at radius 2 is 2.25 bits per heavy atom. The summed E-state index contributed by atoms with van der Waals surface area (Å²) in [4.78, 5) is 15.5. The van der Waals surface area contributed by atoms with Crippen molar-refractivity contribution in [2.45, 2.75) is 25.4 Å². The molecule has 0 saturated carbocycles. The van der Waals surface area contributed by atoms with Gasteiger partial charge in [-0.1, -0.05) is 6.08 Å². The number of hydrogen-bond donors (Lipinski definition) is 2. The Bertz CT molecular complexity index is 351. The molecule has 2 unspecified atom stereocenters. The molecule has 0 radical (unpaired) electrons. The van der Waals surface area contributed by atoms with E-state index in [9.17, 15) is 4.79 Å². The predicted octanol–water partition coefficient (Wildman–Crippen LogP) is 1.16. The van der Waals surface area contributed by atoms with Crippen LogP contribution in [-0.2, 0) is 4.79 Å². The van der Waals surface area contributed by atoms with Gasteiger partial charge in [-0.2, -0.15) is 0 Å². The summed E-state index contributed by atoms with van der Waals surface area (Å²) in [5, 5.41) is 2.84. The van der Waals surface area contributed by atoms with Gasteiger partial charge in [0.05, 0.1) is 12.1 Å². The number of nitrogens with one attached hydrogen (secondary N) is 1. The molecule has 16 heavy (non-hydrogen) atoms. The molecular formula is C12H17N3O. The van der Waals surface area contributed by atoms with Crippen LogP contribution in [0.25, 0.3) is 0 Å². The molecule has 0 aliphatic carbocycles. The summed E-state index contributed by atoms with van der Waals surface area (Å²) in [5.74, 6) is -0.163. The van der Waals surface area contributed by atoms with Crippen LogP contribution >= 0.6 is 0 Å². The van der Waals surface area contributed by atoms with Crippen molar-refractivity contribution in [3.05, 3.63) is 42.7 Å². The van der Waals surface area contributed by atoms with E-state index in [0.29, 0.717) is 6.42 Å². The average molecular weight is 219 g/mol. The fourth-order valence-corrected chi connectivity index (χ4v) is 1.34. The highest BCUT2D eigenvalue weighted by molar-refractivity contribution is 5.82. The molecule has 1 rings (SSSR count). The Balaban J connectivity index is 2.55. The molecule has 0 aliphatic rings. The van der Waals surface area contributed by atoms with Crippen molar-refractivity contribution < 1.29 is 4.79 Å². The Kier molecular flexibility index (Phi) is 4.66. The van der Waals surface area contributed by atoms with Crippen molar-refractivity contribution in [3.63, 3.8) is 0 Å². The molecule has 3 N–H and O–H groups in total. The molecular weight excluding hydrogens is 202 g/mol. The van der Waals surface area contributed by atoms with Gasteiger partial charge in [-0.25, -0.2) is 0 Å². The normalized spacial score (nSPS) is 13.9. The minimum atomic E-state index is -0.526. The van der Waals surface area contributed by atoms with Crippen LogP contribution < -0.4 is 11.1 Å². The maximum atomic E-state index is 11.6. The standard InChI is InChI=1S/C12H17N3O/c1-3-4-11(13)12(16)15-9(2)10-5-7-14-8-6-10/h3,5-9,11H,1,4,13H2,2H3,(H,15,16). The number of nitrogens with two attached hydrogens (primary N) is 1. The monoisotopic (exact) mass is 219 g/mol. The molecule has 86 valence electrons. The lowest BCUT2D eigenvalue weighted by molar-refractivity contribution is -0.122. The molecule has 0 spiro atoms. The van der Waals surface area contributed by atoms with Gasteiger partial charge in [-0.15, -0.1) is 6.58 Å². The second kappa shape index (κ2) is 6.02. The molecule has 0 aliphatic heterocycles. The van der Waals surface area contributed by atoms with E-state index in [4.69, 9.17) is 5.73 Å². The van der Waals surface area contributed by atoms with Crippen LogP contribution in [0.3, 0.4) is 0 Å². The van der Waals surface area contributed by atoms with E-state index in [1.54, 1.807) is 18.5 Å². The first kappa shape index (κ1) is 12.4. The summed E-state index contributed by atoms with van der Waals surface area (Å²) in [6.45, 7) is 5.46. The molecule has 4 nitrogen and oxygen atoms in total. The molecule has 2 atom stereocenters. The van der Waals surface area contributed by atoms with Gasteiger partial charge in [-0.05, 0) is 31.0 Å². The second-order valence-corrected chi connectivity index (χ2v) is 3.64. The maximum absolute atomic E-state index is 11.6. The van der Waals surface area contributed by atoms with Crippen LogP contribution in [0.5, 0.6) is 0 Å². The van der Waals surface area contributed by atoms with E-state index >= 15 is 0 Å². The van der Waals surface area contributed by atoms with E-state index in [1.807, 2.05) is 19.1 Å². The number of rotatable bonds is 5. The van der Waals surface area contributed by atoms with Gasteiger partial charge in [0.1, 0.15) is 0 Å². The lowest BCUT2D eigenvalue weighted by Gasteiger charge is -2.16. The van der Waals surface area contributed by atoms with Crippen LogP contribution in [0.15, 0.2) is 37.2 Å². The topological polar surface area (TPSA) is 68.0 Å². The minimum absolute atomic E-state index is 0.0636. The number of nitrogens with zero attached hydrogens (tertiary/aromatic N) is 1. The first-order valence-corrected chi connectivity index (χ1v) is 5.22. The van der Waals surface area contributed by atoms with E-state index in [2.05, 4.69) is 16.9 Å². The Labute approximate surface area is 95.6 Å². The van der Waals surface area contributed by atoms with Gasteiger partial charge >= 0.3 is 0 Å². The number of aromatic nitrogens is 1. The van der Waals surface area contributed by atoms with Gasteiger partial charge in [0, 0.05) is 12.4 Å². The highest BCUT2D eigenvalue weighted by Crippen LogP contribution is 2.10. The molecule has 0 aromatic carbocycles. The molecule has 1 aromatic heterocycles. The molecule has 0 bridgehead atoms. The lowest BCUT2D eigenvalue weighted by atomic mass is 10.1. The molecule has 1 amide bonds. The zero-order valence-corrected chi connectivity index (χ0v) is 9.39. The number of amides is 1. The van der Waals surface area contributed by atoms with Crippen molar-refractivity contribution >= 4 is 5.91 Å². The summed E-state index contributed by atoms with van der Waals surface area (Å²) in [5.41, 5.74) is 6.67. The SMILES string of the molecule is C=CCC(N)C(=O)NC(C)c1ccncc1. The fraction of sp³-hybridized carbons (Fsp3) is 0.333. The smallest absolute Gasteiger partial charge is 0.237 e. The number of hydrogen-bond acceptors (Lipinski definition) is 3. The predicted molar refractivity (Wildman–Crippen MR) is 63.6 cm³/mol. The summed E-state index contributed by atoms with van der Waals surface area (Å²) < 4.78 is 0. The van der Waals surface area contributed by atoms with Gasteiger partial charge in [-0.3, -0.25) is 9.78 Å². The van der Waals surface area contributed by atoms with Crippen LogP contribution in [0.2, 0.25) is 0 Å². The zero-order chi connectivity index (χ0) is 12.0. The molecule has 1 heterocycles. The zero-order valence-electron chi connectivity index (χ0n) is 9.39. The van der Waals surface area contributed by atoms with Crippen molar-refractivity contribution in [1.82, 2.24) is 10.3 Å². The highest BCUT2D eigenvalue weighted by Gasteiger charge is 2.14. The second-order valence-electron chi connectivity index (χ2n) is 3.64. The van der Waals surface area contributed by atoms with Crippen molar-refractivity contribution in [1.29, 1.82) is 0 Å². The summed E-state index contributed by atoms with van der Waals surface area (Å²) in [7, 11) is 0. The minimum Gasteiger partial charge on any atom is -0.348 e. The quantitative estimate of drug-likeness (QED) is 0.730. The molecule has 4 heteroatoms. The third-order valence-corrected chi connectivity index (χ3v) is 2.32. The number of carbonyl (C=O) groups is 1. The Morgan fingerprint density at radius 3 is 2.81 bits per heavy atom. The van der Waals surface area contributed by atoms with Gasteiger partial charge < -0.3 is 11.1 Å². The first-order chi connectivity index (χ1) is 7.65. The molecule has 0 saturated heterocycles. The third kappa shape index (κ3) is 3.47. The average Bonchev–Trinajstić information content (AvgIpc) is 2.30. The van der Waals surface area contributed by atoms with Crippen molar-refractivity contribution in [2.24, 2.45) is 5.73 Å². The summed E-state index contributed by atoms with van der Waals surface area (Å²) in [6.07, 6.45) is 5.51. The van der Waals surface area contributed by atoms with Crippen molar-refractivity contribution in [3.8, 4) is 0 Å². The highest BCUT2D eigenvalue weighted by atomic mass is 16.2. The summed E-state index contributed by atoms with van der Waals surface area (Å²) in [6, 6.07) is 3.14. The number of carbonyl (C=O) groups excluding carboxylic acids is 1. The largest absolute Gasteiger partial charge is 0.348 e. The molecule has 1 aromatic rings. The van der Waals surface area contributed by atoms with E-state index in [0.717, 1.165) is 5.56 Å². The van der Waals surface area contributed by atoms with E-state index in [-0.39, 0.29) is 11.9 Å². The van der Waals surface area contributed by atoms with Crippen LogP contribution in [0.4, 0.5) is 0 Å².